The number of aliphatic hydroxyl groups excluding tert-OH is 1. The lowest BCUT2D eigenvalue weighted by molar-refractivity contribution is 0.0606. The molecule has 1 aliphatic heterocycles. The van der Waals surface area contributed by atoms with Crippen LogP contribution in [-0.2, 0) is 0 Å². The standard InChI is InChI=1S/C16H25BrN2O/c1-13(2)11-18-6-8-19(9-7-18)16(12-20)14-4-3-5-15(17)10-14/h3-5,10,13,16,20H,6-9,11-12H2,1-2H3. The number of hydrogen-bond acceptors (Lipinski definition) is 3. The first kappa shape index (κ1) is 16.0. The lowest BCUT2D eigenvalue weighted by Gasteiger charge is -2.39. The Morgan fingerprint density at radius 1 is 1.20 bits per heavy atom. The van der Waals surface area contributed by atoms with E-state index >= 15 is 0 Å². The molecule has 0 amide bonds. The molecule has 3 nitrogen and oxygen atoms in total. The molecule has 4 heteroatoms. The molecule has 1 N–H and O–H groups in total. The van der Waals surface area contributed by atoms with Crippen molar-refractivity contribution in [2.75, 3.05) is 39.3 Å². The van der Waals surface area contributed by atoms with Crippen molar-refractivity contribution >= 4 is 15.9 Å². The zero-order valence-corrected chi connectivity index (χ0v) is 14.0. The second-order valence-corrected chi connectivity index (χ2v) is 6.90. The lowest BCUT2D eigenvalue weighted by Crippen LogP contribution is -2.49. The van der Waals surface area contributed by atoms with Crippen LogP contribution in [-0.4, -0.2) is 54.2 Å². The summed E-state index contributed by atoms with van der Waals surface area (Å²) in [6.45, 7) is 10.2. The Bertz CT molecular complexity index is 417. The molecule has 0 aliphatic carbocycles. The van der Waals surface area contributed by atoms with E-state index in [0.29, 0.717) is 0 Å². The topological polar surface area (TPSA) is 26.7 Å². The number of hydrogen-bond donors (Lipinski definition) is 1. The quantitative estimate of drug-likeness (QED) is 0.892. The van der Waals surface area contributed by atoms with E-state index in [4.69, 9.17) is 0 Å². The summed E-state index contributed by atoms with van der Waals surface area (Å²) < 4.78 is 1.08. The van der Waals surface area contributed by atoms with Gasteiger partial charge in [-0.1, -0.05) is 41.9 Å². The van der Waals surface area contributed by atoms with Gasteiger partial charge in [0, 0.05) is 37.2 Å². The third-order valence-electron chi connectivity index (χ3n) is 3.88. The molecule has 1 fully saturated rings. The van der Waals surface area contributed by atoms with Crippen LogP contribution in [0.1, 0.15) is 25.5 Å². The zero-order valence-electron chi connectivity index (χ0n) is 12.4. The van der Waals surface area contributed by atoms with Crippen LogP contribution < -0.4 is 0 Å². The minimum atomic E-state index is 0.119. The normalized spacial score (nSPS) is 19.4. The second-order valence-electron chi connectivity index (χ2n) is 5.98. The number of piperazine rings is 1. The van der Waals surface area contributed by atoms with Gasteiger partial charge in [-0.25, -0.2) is 0 Å². The molecule has 1 unspecified atom stereocenters. The molecule has 0 radical (unpaired) electrons. The van der Waals surface area contributed by atoms with Gasteiger partial charge in [-0.2, -0.15) is 0 Å². The first-order valence-corrected chi connectivity index (χ1v) is 8.22. The highest BCUT2D eigenvalue weighted by molar-refractivity contribution is 9.10. The van der Waals surface area contributed by atoms with Gasteiger partial charge >= 0.3 is 0 Å². The summed E-state index contributed by atoms with van der Waals surface area (Å²) in [5.41, 5.74) is 1.19. The molecule has 20 heavy (non-hydrogen) atoms. The molecule has 0 aromatic heterocycles. The van der Waals surface area contributed by atoms with Crippen molar-refractivity contribution in [1.82, 2.24) is 9.80 Å². The van der Waals surface area contributed by atoms with E-state index in [1.807, 2.05) is 12.1 Å². The number of aliphatic hydroxyl groups is 1. The Balaban J connectivity index is 1.97. The highest BCUT2D eigenvalue weighted by Crippen LogP contribution is 2.24. The van der Waals surface area contributed by atoms with Gasteiger partial charge in [-0.15, -0.1) is 0 Å². The Hall–Kier alpha value is -0.420. The average Bonchev–Trinajstić information content (AvgIpc) is 2.41. The predicted molar refractivity (Wildman–Crippen MR) is 86.8 cm³/mol. The Labute approximate surface area is 130 Å². The lowest BCUT2D eigenvalue weighted by atomic mass is 10.0. The first-order valence-electron chi connectivity index (χ1n) is 7.43. The van der Waals surface area contributed by atoms with Gasteiger partial charge in [0.05, 0.1) is 12.6 Å². The number of rotatable bonds is 5. The van der Waals surface area contributed by atoms with Crippen LogP contribution in [0, 0.1) is 5.92 Å². The van der Waals surface area contributed by atoms with Crippen LogP contribution in [0.2, 0.25) is 0 Å². The Morgan fingerprint density at radius 3 is 2.45 bits per heavy atom. The van der Waals surface area contributed by atoms with Gasteiger partial charge in [0.25, 0.3) is 0 Å². The van der Waals surface area contributed by atoms with Gasteiger partial charge in [0.15, 0.2) is 0 Å². The van der Waals surface area contributed by atoms with Crippen LogP contribution in [0.3, 0.4) is 0 Å². The monoisotopic (exact) mass is 340 g/mol. The van der Waals surface area contributed by atoms with Gasteiger partial charge in [0.1, 0.15) is 0 Å². The van der Waals surface area contributed by atoms with Gasteiger partial charge in [-0.05, 0) is 23.6 Å². The molecule has 0 spiro atoms. The van der Waals surface area contributed by atoms with E-state index in [-0.39, 0.29) is 12.6 Å². The molecule has 1 aromatic rings. The Morgan fingerprint density at radius 2 is 1.90 bits per heavy atom. The molecule has 0 bridgehead atoms. The summed E-state index contributed by atoms with van der Waals surface area (Å²) in [4.78, 5) is 4.93. The molecule has 1 atom stereocenters. The van der Waals surface area contributed by atoms with Gasteiger partial charge in [-0.3, -0.25) is 4.90 Å². The summed E-state index contributed by atoms with van der Waals surface area (Å²) in [6, 6.07) is 8.40. The van der Waals surface area contributed by atoms with Crippen molar-refractivity contribution in [2.24, 2.45) is 5.92 Å². The van der Waals surface area contributed by atoms with Crippen LogP contribution in [0.4, 0.5) is 0 Å². The highest BCUT2D eigenvalue weighted by atomic mass is 79.9. The fourth-order valence-corrected chi connectivity index (χ4v) is 3.34. The maximum atomic E-state index is 9.76. The van der Waals surface area contributed by atoms with Crippen molar-refractivity contribution in [3.63, 3.8) is 0 Å². The fraction of sp³-hybridized carbons (Fsp3) is 0.625. The van der Waals surface area contributed by atoms with E-state index in [9.17, 15) is 5.11 Å². The summed E-state index contributed by atoms with van der Waals surface area (Å²) >= 11 is 3.51. The molecular weight excluding hydrogens is 316 g/mol. The van der Waals surface area contributed by atoms with E-state index in [2.05, 4.69) is 51.7 Å². The van der Waals surface area contributed by atoms with E-state index in [1.165, 1.54) is 12.1 Å². The van der Waals surface area contributed by atoms with E-state index in [0.717, 1.165) is 36.6 Å². The highest BCUT2D eigenvalue weighted by Gasteiger charge is 2.24. The number of benzene rings is 1. The van der Waals surface area contributed by atoms with Crippen LogP contribution >= 0.6 is 15.9 Å². The summed E-state index contributed by atoms with van der Waals surface area (Å²) in [5.74, 6) is 0.722. The van der Waals surface area contributed by atoms with E-state index in [1.54, 1.807) is 0 Å². The predicted octanol–water partition coefficient (Wildman–Crippen LogP) is 2.76. The van der Waals surface area contributed by atoms with Crippen LogP contribution in [0.5, 0.6) is 0 Å². The minimum absolute atomic E-state index is 0.119. The summed E-state index contributed by atoms with van der Waals surface area (Å²) in [7, 11) is 0. The molecule has 1 aliphatic rings. The van der Waals surface area contributed by atoms with Gasteiger partial charge in [0.2, 0.25) is 0 Å². The molecule has 1 aromatic carbocycles. The second kappa shape index (κ2) is 7.55. The van der Waals surface area contributed by atoms with Crippen molar-refractivity contribution in [3.05, 3.63) is 34.3 Å². The van der Waals surface area contributed by atoms with Crippen LogP contribution in [0.25, 0.3) is 0 Å². The molecule has 112 valence electrons. The molecule has 1 saturated heterocycles. The van der Waals surface area contributed by atoms with Crippen LogP contribution in [0.15, 0.2) is 28.7 Å². The maximum Gasteiger partial charge on any atom is 0.0628 e. The molecule has 0 saturated carbocycles. The van der Waals surface area contributed by atoms with Crippen molar-refractivity contribution in [3.8, 4) is 0 Å². The average molecular weight is 341 g/mol. The SMILES string of the molecule is CC(C)CN1CCN(C(CO)c2cccc(Br)c2)CC1. The summed E-state index contributed by atoms with van der Waals surface area (Å²) in [6.07, 6.45) is 0. The maximum absolute atomic E-state index is 9.76. The Kier molecular flexibility index (Phi) is 6.02. The first-order chi connectivity index (χ1) is 9.60. The molecule has 2 rings (SSSR count). The minimum Gasteiger partial charge on any atom is -0.394 e. The fourth-order valence-electron chi connectivity index (χ4n) is 2.92. The molecular formula is C16H25BrN2O. The van der Waals surface area contributed by atoms with E-state index < -0.39 is 0 Å². The summed E-state index contributed by atoms with van der Waals surface area (Å²) in [5, 5.41) is 9.76. The van der Waals surface area contributed by atoms with Gasteiger partial charge < -0.3 is 10.0 Å². The third kappa shape index (κ3) is 4.29. The van der Waals surface area contributed by atoms with Crippen molar-refractivity contribution < 1.29 is 5.11 Å². The largest absolute Gasteiger partial charge is 0.394 e. The van der Waals surface area contributed by atoms with Crippen molar-refractivity contribution in [1.29, 1.82) is 0 Å². The number of nitrogens with zero attached hydrogens (tertiary/aromatic N) is 2. The molecule has 1 heterocycles. The number of halogens is 1. The zero-order chi connectivity index (χ0) is 14.5. The smallest absolute Gasteiger partial charge is 0.0628 e. The van der Waals surface area contributed by atoms with Crippen molar-refractivity contribution in [2.45, 2.75) is 19.9 Å². The third-order valence-corrected chi connectivity index (χ3v) is 4.37.